The Labute approximate surface area is 236 Å². The lowest BCUT2D eigenvalue weighted by Crippen LogP contribution is -2.41. The molecular weight excluding hydrogens is 544 g/mol. The summed E-state index contributed by atoms with van der Waals surface area (Å²) in [5.41, 5.74) is 9.53. The molecule has 3 aromatic carbocycles. The van der Waals surface area contributed by atoms with Gasteiger partial charge in [0.05, 0.1) is 27.5 Å². The molecule has 0 saturated heterocycles. The number of benzene rings is 3. The molecule has 1 atom stereocenters. The van der Waals surface area contributed by atoms with E-state index in [2.05, 4.69) is 0 Å². The Morgan fingerprint density at radius 1 is 0.975 bits per heavy atom. The number of fused-ring (bicyclic) bond motifs is 1. The Balaban J connectivity index is 1.92. The Kier molecular flexibility index (Phi) is 7.35. The predicted molar refractivity (Wildman–Crippen MR) is 158 cm³/mol. The molecule has 2 N–H and O–H groups in total. The second-order valence-corrected chi connectivity index (χ2v) is 12.5. The summed E-state index contributed by atoms with van der Waals surface area (Å²) in [6.45, 7) is 5.62. The van der Waals surface area contributed by atoms with Crippen molar-refractivity contribution < 1.29 is 17.9 Å². The van der Waals surface area contributed by atoms with Crippen LogP contribution in [0.1, 0.15) is 35.1 Å². The molecule has 204 valence electrons. The quantitative estimate of drug-likeness (QED) is 0.355. The van der Waals surface area contributed by atoms with E-state index in [0.29, 0.717) is 10.1 Å². The average Bonchev–Trinajstić information content (AvgIpc) is 3.26. The van der Waals surface area contributed by atoms with Crippen LogP contribution in [0.2, 0.25) is 0 Å². The van der Waals surface area contributed by atoms with Crippen molar-refractivity contribution in [3.63, 3.8) is 0 Å². The minimum atomic E-state index is -4.25. The van der Waals surface area contributed by atoms with Gasteiger partial charge in [-0.2, -0.15) is 0 Å². The van der Waals surface area contributed by atoms with Crippen LogP contribution in [0, 0.1) is 13.8 Å². The third kappa shape index (κ3) is 4.82. The second kappa shape index (κ2) is 10.7. The molecule has 0 bridgehead atoms. The number of sulfone groups is 1. The molecule has 2 heterocycles. The molecule has 40 heavy (non-hydrogen) atoms. The van der Waals surface area contributed by atoms with Crippen LogP contribution in [-0.2, 0) is 19.4 Å². The molecule has 0 fully saturated rings. The first-order chi connectivity index (χ1) is 19.1. The summed E-state index contributed by atoms with van der Waals surface area (Å²) in [5.74, 6) is -2.03. The molecule has 0 amide bonds. The van der Waals surface area contributed by atoms with Gasteiger partial charge in [-0.05, 0) is 50.1 Å². The zero-order valence-corrected chi connectivity index (χ0v) is 23.9. The summed E-state index contributed by atoms with van der Waals surface area (Å²) >= 11 is 1.09. The van der Waals surface area contributed by atoms with Crippen LogP contribution < -0.4 is 20.5 Å². The minimum Gasteiger partial charge on any atom is -0.463 e. The Morgan fingerprint density at radius 3 is 2.17 bits per heavy atom. The summed E-state index contributed by atoms with van der Waals surface area (Å²) in [6.07, 6.45) is 1.71. The van der Waals surface area contributed by atoms with Crippen LogP contribution in [0.3, 0.4) is 0 Å². The lowest BCUT2D eigenvalue weighted by molar-refractivity contribution is -0.136. The van der Waals surface area contributed by atoms with Crippen molar-refractivity contribution in [2.45, 2.75) is 31.6 Å². The van der Waals surface area contributed by atoms with E-state index in [1.54, 1.807) is 43.3 Å². The van der Waals surface area contributed by atoms with Crippen LogP contribution in [0.25, 0.3) is 17.5 Å². The molecule has 4 aromatic rings. The summed E-state index contributed by atoms with van der Waals surface area (Å²) in [5, 5.41) is 0. The third-order valence-corrected chi connectivity index (χ3v) is 9.75. The van der Waals surface area contributed by atoms with Crippen LogP contribution in [0.15, 0.2) is 93.5 Å². The number of carbonyl (C=O) groups is 1. The van der Waals surface area contributed by atoms with Crippen LogP contribution in [-0.4, -0.2) is 25.6 Å². The maximum Gasteiger partial charge on any atom is 0.338 e. The largest absolute Gasteiger partial charge is 0.463 e. The monoisotopic (exact) mass is 572 g/mol. The molecule has 0 spiro atoms. The fraction of sp³-hybridized carbons (Fsp3) is 0.161. The molecule has 0 saturated carbocycles. The second-order valence-electron chi connectivity index (χ2n) is 9.51. The highest BCUT2D eigenvalue weighted by molar-refractivity contribution is 7.95. The molecule has 0 aliphatic carbocycles. The maximum atomic E-state index is 14.2. The van der Waals surface area contributed by atoms with Crippen molar-refractivity contribution in [2.24, 2.45) is 5.73 Å². The van der Waals surface area contributed by atoms with Crippen molar-refractivity contribution in [3.05, 3.63) is 126 Å². The van der Waals surface area contributed by atoms with Crippen molar-refractivity contribution in [2.75, 3.05) is 6.61 Å². The number of hydrogen-bond donors (Lipinski definition) is 1. The predicted octanol–water partition coefficient (Wildman–Crippen LogP) is 3.43. The topological polar surface area (TPSA) is 108 Å². The van der Waals surface area contributed by atoms with Gasteiger partial charge in [0.2, 0.25) is 9.84 Å². The van der Waals surface area contributed by atoms with Crippen molar-refractivity contribution >= 4 is 44.6 Å². The first-order valence-corrected chi connectivity index (χ1v) is 15.0. The van der Waals surface area contributed by atoms with Gasteiger partial charge in [0.25, 0.3) is 5.56 Å². The summed E-state index contributed by atoms with van der Waals surface area (Å²) < 4.78 is 35.5. The fourth-order valence-electron chi connectivity index (χ4n) is 4.72. The van der Waals surface area contributed by atoms with Crippen molar-refractivity contribution in [3.8, 4) is 0 Å². The molecule has 1 unspecified atom stereocenters. The van der Waals surface area contributed by atoms with Gasteiger partial charge in [-0.1, -0.05) is 77.9 Å². The van der Waals surface area contributed by atoms with Crippen molar-refractivity contribution in [1.29, 1.82) is 0 Å². The third-order valence-electron chi connectivity index (χ3n) is 6.72. The van der Waals surface area contributed by atoms with Gasteiger partial charge in [-0.15, -0.1) is 11.3 Å². The summed E-state index contributed by atoms with van der Waals surface area (Å²) in [7, 11) is -4.25. The normalized spacial score (nSPS) is 15.7. The van der Waals surface area contributed by atoms with Gasteiger partial charge in [0, 0.05) is 0 Å². The van der Waals surface area contributed by atoms with Crippen molar-refractivity contribution in [1.82, 2.24) is 4.57 Å². The lowest BCUT2D eigenvalue weighted by Gasteiger charge is -2.28. The number of allylic oxidation sites excluding steroid dienone is 1. The number of thiazole rings is 1. The number of nitrogens with two attached hydrogens (primary N) is 1. The Morgan fingerprint density at radius 2 is 1.57 bits per heavy atom. The van der Waals surface area contributed by atoms with Crippen LogP contribution in [0.5, 0.6) is 0 Å². The van der Waals surface area contributed by atoms with Gasteiger partial charge in [-0.3, -0.25) is 9.36 Å². The number of ether oxygens (including phenoxy) is 1. The van der Waals surface area contributed by atoms with E-state index in [-0.39, 0.29) is 32.5 Å². The van der Waals surface area contributed by atoms with Gasteiger partial charge in [0.1, 0.15) is 15.4 Å². The highest BCUT2D eigenvalue weighted by Gasteiger charge is 2.42. The van der Waals surface area contributed by atoms with Gasteiger partial charge in [0.15, 0.2) is 0 Å². The van der Waals surface area contributed by atoms with Gasteiger partial charge in [-0.25, -0.2) is 13.2 Å². The highest BCUT2D eigenvalue weighted by Crippen LogP contribution is 2.42. The SMILES string of the molecule is CCOC(=O)C1=c2s/c(=C\c3ccc(C)cc3)c(=O)n2C(N)=C(S(=O)(=O)c2ccccc2)C1c1ccc(C)cc1. The molecule has 9 heteroatoms. The number of esters is 1. The number of hydrogen-bond acceptors (Lipinski definition) is 7. The number of aryl methyl sites for hydroxylation is 2. The van der Waals surface area contributed by atoms with Crippen LogP contribution in [0.4, 0.5) is 0 Å². The van der Waals surface area contributed by atoms with E-state index in [1.807, 2.05) is 50.2 Å². The Hall–Kier alpha value is -4.21. The first-order valence-electron chi connectivity index (χ1n) is 12.7. The molecule has 7 nitrogen and oxygen atoms in total. The van der Waals surface area contributed by atoms with Crippen LogP contribution >= 0.6 is 11.3 Å². The number of carbonyl (C=O) groups excluding carboxylic acids is 1. The summed E-state index contributed by atoms with van der Waals surface area (Å²) in [4.78, 5) is 27.2. The minimum absolute atomic E-state index is 0.00596. The maximum absolute atomic E-state index is 14.2. The lowest BCUT2D eigenvalue weighted by atomic mass is 9.89. The zero-order chi connectivity index (χ0) is 28.6. The summed E-state index contributed by atoms with van der Waals surface area (Å²) in [6, 6.07) is 22.7. The smallest absolute Gasteiger partial charge is 0.338 e. The molecule has 1 aliphatic rings. The van der Waals surface area contributed by atoms with E-state index in [0.717, 1.165) is 32.6 Å². The van der Waals surface area contributed by atoms with Gasteiger partial charge < -0.3 is 10.5 Å². The average molecular weight is 573 g/mol. The van der Waals surface area contributed by atoms with Gasteiger partial charge >= 0.3 is 5.97 Å². The highest BCUT2D eigenvalue weighted by atomic mass is 32.2. The van der Waals surface area contributed by atoms with E-state index >= 15 is 0 Å². The number of aromatic nitrogens is 1. The van der Waals surface area contributed by atoms with E-state index in [4.69, 9.17) is 10.5 Å². The molecule has 1 aromatic heterocycles. The number of rotatable bonds is 6. The molecular formula is C31H28N2O5S2. The van der Waals surface area contributed by atoms with E-state index < -0.39 is 27.3 Å². The molecule has 0 radical (unpaired) electrons. The number of nitrogens with zero attached hydrogens (tertiary/aromatic N) is 1. The Bertz CT molecular complexity index is 1920. The van der Waals surface area contributed by atoms with E-state index in [1.165, 1.54) is 12.1 Å². The standard InChI is InChI=1S/C31H28N2O5S2/c1-4-38-31(35)26-25(22-16-12-20(3)13-17-22)27(40(36,37)23-8-6-5-7-9-23)28(32)33-29(34)24(39-30(26)33)18-21-14-10-19(2)11-15-21/h5-18,25H,4,32H2,1-3H3/b24-18-. The fourth-order valence-corrected chi connectivity index (χ4v) is 7.58. The molecule has 1 aliphatic heterocycles. The molecule has 5 rings (SSSR count). The zero-order valence-electron chi connectivity index (χ0n) is 22.2. The first kappa shape index (κ1) is 27.4. The van der Waals surface area contributed by atoms with E-state index in [9.17, 15) is 18.0 Å².